The molecule has 1 saturated carbocycles. The van der Waals surface area contributed by atoms with E-state index in [0.717, 1.165) is 35.0 Å². The van der Waals surface area contributed by atoms with Crippen molar-refractivity contribution in [2.24, 2.45) is 5.92 Å². The highest BCUT2D eigenvalue weighted by molar-refractivity contribution is 5.90. The topological polar surface area (TPSA) is 56.4 Å². The molecule has 2 aromatic rings. The summed E-state index contributed by atoms with van der Waals surface area (Å²) in [6.45, 7) is 4.68. The first-order valence-corrected chi connectivity index (χ1v) is 10.3. The lowest BCUT2D eigenvalue weighted by atomic mass is 9.88. The Kier molecular flexibility index (Phi) is 5.19. The fraction of sp³-hybridized carbons (Fsp3) is 0.545. The lowest BCUT2D eigenvalue weighted by Gasteiger charge is -2.37. The average molecular weight is 367 g/mol. The van der Waals surface area contributed by atoms with Gasteiger partial charge in [-0.2, -0.15) is 0 Å². The van der Waals surface area contributed by atoms with Crippen LogP contribution in [0.1, 0.15) is 43.4 Å². The van der Waals surface area contributed by atoms with Crippen molar-refractivity contribution in [3.63, 3.8) is 0 Å². The number of para-hydroxylation sites is 1. The number of hydrogen-bond acceptors (Lipinski definition) is 2. The van der Waals surface area contributed by atoms with Gasteiger partial charge in [-0.15, -0.1) is 0 Å². The summed E-state index contributed by atoms with van der Waals surface area (Å²) in [5, 5.41) is 1.13. The number of hydrogen-bond donors (Lipinski definition) is 1. The van der Waals surface area contributed by atoms with Gasteiger partial charge in [0, 0.05) is 48.7 Å². The number of nitrogens with zero attached hydrogens (tertiary/aromatic N) is 2. The molecule has 1 saturated heterocycles. The first-order chi connectivity index (χ1) is 13.1. The summed E-state index contributed by atoms with van der Waals surface area (Å²) in [5.74, 6) is 0.691. The minimum absolute atomic E-state index is 0.160. The van der Waals surface area contributed by atoms with E-state index in [0.29, 0.717) is 38.5 Å². The predicted octanol–water partition coefficient (Wildman–Crippen LogP) is 3.27. The highest BCUT2D eigenvalue weighted by atomic mass is 16.2. The molecule has 2 heterocycles. The zero-order valence-corrected chi connectivity index (χ0v) is 16.2. The van der Waals surface area contributed by atoms with Gasteiger partial charge in [0.2, 0.25) is 11.8 Å². The minimum Gasteiger partial charge on any atom is -0.358 e. The number of carbonyl (C=O) groups excluding carboxylic acids is 2. The minimum atomic E-state index is 0.160. The Morgan fingerprint density at radius 2 is 1.67 bits per heavy atom. The van der Waals surface area contributed by atoms with Crippen molar-refractivity contribution < 1.29 is 9.59 Å². The maximum Gasteiger partial charge on any atom is 0.227 e. The van der Waals surface area contributed by atoms with Gasteiger partial charge in [-0.05, 0) is 31.4 Å². The number of aromatic amines is 1. The fourth-order valence-electron chi connectivity index (χ4n) is 4.61. The molecule has 5 nitrogen and oxygen atoms in total. The summed E-state index contributed by atoms with van der Waals surface area (Å²) in [5.41, 5.74) is 3.24. The maximum absolute atomic E-state index is 12.8. The van der Waals surface area contributed by atoms with E-state index in [1.807, 2.05) is 34.9 Å². The largest absolute Gasteiger partial charge is 0.358 e. The first kappa shape index (κ1) is 18.1. The molecule has 1 aliphatic carbocycles. The predicted molar refractivity (Wildman–Crippen MR) is 106 cm³/mol. The fourth-order valence-corrected chi connectivity index (χ4v) is 4.61. The van der Waals surface area contributed by atoms with Crippen LogP contribution in [0.3, 0.4) is 0 Å². The van der Waals surface area contributed by atoms with Gasteiger partial charge in [-0.1, -0.05) is 37.5 Å². The van der Waals surface area contributed by atoms with Crippen LogP contribution in [0.2, 0.25) is 0 Å². The van der Waals surface area contributed by atoms with E-state index in [-0.39, 0.29) is 11.8 Å². The number of carbonyl (C=O) groups is 2. The van der Waals surface area contributed by atoms with E-state index >= 15 is 0 Å². The van der Waals surface area contributed by atoms with E-state index in [4.69, 9.17) is 0 Å². The van der Waals surface area contributed by atoms with Crippen molar-refractivity contribution in [2.45, 2.75) is 45.4 Å². The molecule has 0 unspecified atom stereocenters. The first-order valence-electron chi connectivity index (χ1n) is 10.3. The Morgan fingerprint density at radius 1 is 1.00 bits per heavy atom. The smallest absolute Gasteiger partial charge is 0.227 e. The maximum atomic E-state index is 12.8. The van der Waals surface area contributed by atoms with E-state index in [9.17, 15) is 9.59 Å². The number of nitrogens with one attached hydrogen (secondary N) is 1. The van der Waals surface area contributed by atoms with Crippen molar-refractivity contribution in [1.82, 2.24) is 14.8 Å². The van der Waals surface area contributed by atoms with Gasteiger partial charge >= 0.3 is 0 Å². The number of rotatable bonds is 3. The van der Waals surface area contributed by atoms with Crippen LogP contribution in [-0.2, 0) is 16.0 Å². The van der Waals surface area contributed by atoms with Crippen molar-refractivity contribution >= 4 is 22.7 Å². The molecule has 2 amide bonds. The van der Waals surface area contributed by atoms with E-state index in [2.05, 4.69) is 11.1 Å². The standard InChI is InChI=1S/C22H29N3O2/c1-16-19(18-9-5-6-10-20(18)23-16)15-21(26)24-11-13-25(14-12-24)22(27)17-7-3-2-4-8-17/h5-6,9-10,17,23H,2-4,7-8,11-15H2,1H3. The molecule has 1 N–H and O–H groups in total. The van der Waals surface area contributed by atoms with Crippen LogP contribution < -0.4 is 0 Å². The lowest BCUT2D eigenvalue weighted by molar-refractivity contribution is -0.142. The number of aromatic nitrogens is 1. The molecule has 0 bridgehead atoms. The summed E-state index contributed by atoms with van der Waals surface area (Å²) in [7, 11) is 0. The third-order valence-electron chi connectivity index (χ3n) is 6.25. The second-order valence-corrected chi connectivity index (χ2v) is 7.99. The summed E-state index contributed by atoms with van der Waals surface area (Å²) in [6, 6.07) is 8.14. The number of piperazine rings is 1. The molecule has 2 aliphatic rings. The molecule has 1 aliphatic heterocycles. The third kappa shape index (κ3) is 3.73. The molecule has 0 radical (unpaired) electrons. The Morgan fingerprint density at radius 3 is 2.41 bits per heavy atom. The van der Waals surface area contributed by atoms with Crippen LogP contribution >= 0.6 is 0 Å². The number of amides is 2. The van der Waals surface area contributed by atoms with Crippen molar-refractivity contribution in [2.75, 3.05) is 26.2 Å². The molecule has 27 heavy (non-hydrogen) atoms. The number of H-pyrrole nitrogens is 1. The van der Waals surface area contributed by atoms with Crippen molar-refractivity contribution in [1.29, 1.82) is 0 Å². The van der Waals surface area contributed by atoms with E-state index < -0.39 is 0 Å². The Balaban J connectivity index is 1.36. The number of fused-ring (bicyclic) bond motifs is 1. The zero-order chi connectivity index (χ0) is 18.8. The van der Waals surface area contributed by atoms with E-state index in [1.165, 1.54) is 19.3 Å². The van der Waals surface area contributed by atoms with E-state index in [1.54, 1.807) is 0 Å². The highest BCUT2D eigenvalue weighted by Gasteiger charge is 2.29. The molecule has 144 valence electrons. The Hall–Kier alpha value is -2.30. The summed E-state index contributed by atoms with van der Waals surface area (Å²) in [4.78, 5) is 32.8. The molecular weight excluding hydrogens is 338 g/mol. The highest BCUT2D eigenvalue weighted by Crippen LogP contribution is 2.26. The molecule has 0 spiro atoms. The van der Waals surface area contributed by atoms with Crippen LogP contribution in [0.15, 0.2) is 24.3 Å². The van der Waals surface area contributed by atoms with Gasteiger partial charge in [-0.3, -0.25) is 9.59 Å². The zero-order valence-electron chi connectivity index (χ0n) is 16.2. The molecule has 5 heteroatoms. The number of benzene rings is 1. The average Bonchev–Trinajstić information content (AvgIpc) is 3.03. The van der Waals surface area contributed by atoms with Gasteiger partial charge in [0.15, 0.2) is 0 Å². The van der Waals surface area contributed by atoms with Crippen LogP contribution in [0.25, 0.3) is 10.9 Å². The van der Waals surface area contributed by atoms with Crippen LogP contribution in [0.4, 0.5) is 0 Å². The Bertz CT molecular complexity index is 827. The van der Waals surface area contributed by atoms with Gasteiger partial charge in [0.05, 0.1) is 6.42 Å². The summed E-state index contributed by atoms with van der Waals surface area (Å²) >= 11 is 0. The van der Waals surface area contributed by atoms with Gasteiger partial charge in [0.1, 0.15) is 0 Å². The normalized spacial score (nSPS) is 18.9. The van der Waals surface area contributed by atoms with Gasteiger partial charge < -0.3 is 14.8 Å². The summed E-state index contributed by atoms with van der Waals surface area (Å²) < 4.78 is 0. The molecule has 1 aromatic carbocycles. The van der Waals surface area contributed by atoms with Crippen molar-refractivity contribution in [3.8, 4) is 0 Å². The molecule has 1 aromatic heterocycles. The lowest BCUT2D eigenvalue weighted by Crippen LogP contribution is -2.52. The molecule has 0 atom stereocenters. The summed E-state index contributed by atoms with van der Waals surface area (Å²) in [6.07, 6.45) is 6.12. The number of aryl methyl sites for hydroxylation is 1. The third-order valence-corrected chi connectivity index (χ3v) is 6.25. The van der Waals surface area contributed by atoms with Crippen molar-refractivity contribution in [3.05, 3.63) is 35.5 Å². The quantitative estimate of drug-likeness (QED) is 0.905. The van der Waals surface area contributed by atoms with Crippen LogP contribution in [0, 0.1) is 12.8 Å². The van der Waals surface area contributed by atoms with Gasteiger partial charge in [0.25, 0.3) is 0 Å². The monoisotopic (exact) mass is 367 g/mol. The van der Waals surface area contributed by atoms with Crippen LogP contribution in [0.5, 0.6) is 0 Å². The molecule has 4 rings (SSSR count). The SMILES string of the molecule is Cc1[nH]c2ccccc2c1CC(=O)N1CCN(C(=O)C2CCCCC2)CC1. The van der Waals surface area contributed by atoms with Crippen LogP contribution in [-0.4, -0.2) is 52.8 Å². The molecule has 2 fully saturated rings. The second kappa shape index (κ2) is 7.75. The second-order valence-electron chi connectivity index (χ2n) is 7.99. The Labute approximate surface area is 160 Å². The van der Waals surface area contributed by atoms with Gasteiger partial charge in [-0.25, -0.2) is 0 Å². The molecular formula is C22H29N3O2.